The van der Waals surface area contributed by atoms with Crippen molar-refractivity contribution >= 4 is 17.5 Å². The zero-order valence-corrected chi connectivity index (χ0v) is 14.1. The van der Waals surface area contributed by atoms with Crippen LogP contribution >= 0.6 is 11.8 Å². The van der Waals surface area contributed by atoms with Crippen molar-refractivity contribution in [1.29, 1.82) is 0 Å². The van der Waals surface area contributed by atoms with Gasteiger partial charge in [0.2, 0.25) is 0 Å². The molecular weight excluding hydrogens is 296 g/mol. The number of hydrogen-bond acceptors (Lipinski definition) is 4. The Balaban J connectivity index is 2.14. The molecule has 2 aromatic rings. The first-order valence-electron chi connectivity index (χ1n) is 7.04. The van der Waals surface area contributed by atoms with E-state index >= 15 is 0 Å². The van der Waals surface area contributed by atoms with Gasteiger partial charge in [0.15, 0.2) is 17.3 Å². The highest BCUT2D eigenvalue weighted by atomic mass is 32.2. The molecule has 0 aliphatic rings. The Labute approximate surface area is 135 Å². The minimum absolute atomic E-state index is 0.0755. The Kier molecular flexibility index (Phi) is 5.50. The molecule has 2 aromatic carbocycles. The lowest BCUT2D eigenvalue weighted by atomic mass is 10.1. The Hall–Kier alpha value is -1.94. The van der Waals surface area contributed by atoms with Crippen LogP contribution in [0.4, 0.5) is 0 Å². The summed E-state index contributed by atoms with van der Waals surface area (Å²) in [5, 5.41) is -0.166. The average Bonchev–Trinajstić information content (AvgIpc) is 2.55. The van der Waals surface area contributed by atoms with Crippen molar-refractivity contribution in [2.24, 2.45) is 0 Å². The van der Waals surface area contributed by atoms with Gasteiger partial charge < -0.3 is 9.47 Å². The van der Waals surface area contributed by atoms with E-state index in [0.29, 0.717) is 17.1 Å². The standard InChI is InChI=1S/C18H20O3S/c1-12-5-8-15(9-6-12)22-13(2)18(19)14-7-10-16(20-3)17(11-14)21-4/h5-11,13H,1-4H3. The summed E-state index contributed by atoms with van der Waals surface area (Å²) >= 11 is 1.56. The first-order valence-corrected chi connectivity index (χ1v) is 7.92. The number of methoxy groups -OCH3 is 2. The number of carbonyl (C=O) groups excluding carboxylic acids is 1. The number of ether oxygens (including phenoxy) is 2. The summed E-state index contributed by atoms with van der Waals surface area (Å²) in [6.45, 7) is 3.97. The van der Waals surface area contributed by atoms with Crippen LogP contribution in [0.2, 0.25) is 0 Å². The van der Waals surface area contributed by atoms with Crippen LogP contribution in [0.3, 0.4) is 0 Å². The maximum atomic E-state index is 12.6. The van der Waals surface area contributed by atoms with Gasteiger partial charge in [0.25, 0.3) is 0 Å². The molecular formula is C18H20O3S. The summed E-state index contributed by atoms with van der Waals surface area (Å²) < 4.78 is 10.5. The predicted molar refractivity (Wildman–Crippen MR) is 90.4 cm³/mol. The topological polar surface area (TPSA) is 35.5 Å². The third-order valence-corrected chi connectivity index (χ3v) is 4.48. The highest BCUT2D eigenvalue weighted by Gasteiger charge is 2.18. The summed E-state index contributed by atoms with van der Waals surface area (Å²) in [4.78, 5) is 13.7. The van der Waals surface area contributed by atoms with Crippen LogP contribution in [-0.4, -0.2) is 25.3 Å². The Morgan fingerprint density at radius 2 is 1.64 bits per heavy atom. The van der Waals surface area contributed by atoms with Crippen LogP contribution in [-0.2, 0) is 0 Å². The smallest absolute Gasteiger partial charge is 0.176 e. The molecule has 0 saturated heterocycles. The average molecular weight is 316 g/mol. The lowest BCUT2D eigenvalue weighted by Crippen LogP contribution is -2.13. The molecule has 0 N–H and O–H groups in total. The molecule has 0 fully saturated rings. The van der Waals surface area contributed by atoms with Gasteiger partial charge in [-0.15, -0.1) is 11.8 Å². The quantitative estimate of drug-likeness (QED) is 0.585. The van der Waals surface area contributed by atoms with E-state index in [2.05, 4.69) is 12.1 Å². The van der Waals surface area contributed by atoms with Gasteiger partial charge in [-0.1, -0.05) is 17.7 Å². The Morgan fingerprint density at radius 3 is 2.23 bits per heavy atom. The van der Waals surface area contributed by atoms with E-state index in [1.807, 2.05) is 26.0 Å². The van der Waals surface area contributed by atoms with E-state index < -0.39 is 0 Å². The second kappa shape index (κ2) is 7.36. The molecule has 0 heterocycles. The van der Waals surface area contributed by atoms with E-state index in [1.54, 1.807) is 44.2 Å². The maximum Gasteiger partial charge on any atom is 0.176 e. The molecule has 4 heteroatoms. The molecule has 1 atom stereocenters. The van der Waals surface area contributed by atoms with Crippen molar-refractivity contribution in [2.45, 2.75) is 24.0 Å². The molecule has 116 valence electrons. The molecule has 0 radical (unpaired) electrons. The number of rotatable bonds is 6. The van der Waals surface area contributed by atoms with Crippen LogP contribution in [0, 0.1) is 6.92 Å². The van der Waals surface area contributed by atoms with E-state index in [4.69, 9.17) is 9.47 Å². The molecule has 0 aromatic heterocycles. The zero-order valence-electron chi connectivity index (χ0n) is 13.3. The van der Waals surface area contributed by atoms with Gasteiger partial charge in [-0.25, -0.2) is 0 Å². The molecule has 0 bridgehead atoms. The van der Waals surface area contributed by atoms with Crippen molar-refractivity contribution < 1.29 is 14.3 Å². The van der Waals surface area contributed by atoms with Crippen molar-refractivity contribution in [3.05, 3.63) is 53.6 Å². The molecule has 3 nitrogen and oxygen atoms in total. The minimum Gasteiger partial charge on any atom is -0.493 e. The van der Waals surface area contributed by atoms with Crippen molar-refractivity contribution in [3.63, 3.8) is 0 Å². The van der Waals surface area contributed by atoms with Crippen LogP contribution in [0.5, 0.6) is 11.5 Å². The summed E-state index contributed by atoms with van der Waals surface area (Å²) in [5.41, 5.74) is 1.84. The first-order chi connectivity index (χ1) is 10.5. The molecule has 22 heavy (non-hydrogen) atoms. The first kappa shape index (κ1) is 16.4. The fourth-order valence-corrected chi connectivity index (χ4v) is 3.04. The Bertz CT molecular complexity index is 650. The lowest BCUT2D eigenvalue weighted by Gasteiger charge is -2.13. The molecule has 1 unspecified atom stereocenters. The van der Waals surface area contributed by atoms with E-state index in [9.17, 15) is 4.79 Å². The number of carbonyl (C=O) groups is 1. The van der Waals surface area contributed by atoms with Crippen LogP contribution < -0.4 is 9.47 Å². The number of hydrogen-bond donors (Lipinski definition) is 0. The van der Waals surface area contributed by atoms with Gasteiger partial charge in [-0.05, 0) is 44.2 Å². The zero-order chi connectivity index (χ0) is 16.1. The van der Waals surface area contributed by atoms with E-state index in [1.165, 1.54) is 5.56 Å². The minimum atomic E-state index is -0.166. The number of aryl methyl sites for hydroxylation is 1. The second-order valence-corrected chi connectivity index (χ2v) is 6.42. The summed E-state index contributed by atoms with van der Waals surface area (Å²) in [6.07, 6.45) is 0. The summed E-state index contributed by atoms with van der Waals surface area (Å²) in [7, 11) is 3.14. The monoisotopic (exact) mass is 316 g/mol. The lowest BCUT2D eigenvalue weighted by molar-refractivity contribution is 0.0993. The van der Waals surface area contributed by atoms with Gasteiger partial charge in [-0.3, -0.25) is 4.79 Å². The molecule has 0 spiro atoms. The fourth-order valence-electron chi connectivity index (χ4n) is 2.10. The number of thioether (sulfide) groups is 1. The second-order valence-electron chi connectivity index (χ2n) is 5.01. The SMILES string of the molecule is COc1ccc(C(=O)C(C)Sc2ccc(C)cc2)cc1OC. The maximum absolute atomic E-state index is 12.6. The molecule has 0 aliphatic heterocycles. The van der Waals surface area contributed by atoms with Crippen molar-refractivity contribution in [3.8, 4) is 11.5 Å². The third-order valence-electron chi connectivity index (χ3n) is 3.37. The molecule has 0 aliphatic carbocycles. The van der Waals surface area contributed by atoms with Crippen LogP contribution in [0.25, 0.3) is 0 Å². The Morgan fingerprint density at radius 1 is 1.00 bits per heavy atom. The van der Waals surface area contributed by atoms with Gasteiger partial charge >= 0.3 is 0 Å². The molecule has 0 amide bonds. The fraction of sp³-hybridized carbons (Fsp3) is 0.278. The number of benzene rings is 2. The van der Waals surface area contributed by atoms with Crippen LogP contribution in [0.1, 0.15) is 22.8 Å². The third kappa shape index (κ3) is 3.83. The normalized spacial score (nSPS) is 11.8. The van der Waals surface area contributed by atoms with Crippen molar-refractivity contribution in [2.75, 3.05) is 14.2 Å². The largest absolute Gasteiger partial charge is 0.493 e. The highest BCUT2D eigenvalue weighted by molar-refractivity contribution is 8.00. The van der Waals surface area contributed by atoms with Crippen LogP contribution in [0.15, 0.2) is 47.4 Å². The van der Waals surface area contributed by atoms with Gasteiger partial charge in [0, 0.05) is 10.5 Å². The molecule has 2 rings (SSSR count). The summed E-state index contributed by atoms with van der Waals surface area (Å²) in [5.74, 6) is 1.27. The van der Waals surface area contributed by atoms with Crippen molar-refractivity contribution in [1.82, 2.24) is 0 Å². The van der Waals surface area contributed by atoms with Gasteiger partial charge in [0.05, 0.1) is 19.5 Å². The number of ketones is 1. The van der Waals surface area contributed by atoms with E-state index in [0.717, 1.165) is 4.90 Å². The summed E-state index contributed by atoms with van der Waals surface area (Å²) in [6, 6.07) is 13.4. The number of Topliss-reactive ketones (excluding diaryl/α,β-unsaturated/α-hetero) is 1. The molecule has 0 saturated carbocycles. The predicted octanol–water partition coefficient (Wildman–Crippen LogP) is 4.38. The van der Waals surface area contributed by atoms with Gasteiger partial charge in [0.1, 0.15) is 0 Å². The highest BCUT2D eigenvalue weighted by Crippen LogP contribution is 2.30. The van der Waals surface area contributed by atoms with Gasteiger partial charge in [-0.2, -0.15) is 0 Å². The van der Waals surface area contributed by atoms with E-state index in [-0.39, 0.29) is 11.0 Å².